The summed E-state index contributed by atoms with van der Waals surface area (Å²) in [4.78, 5) is 11.1. The van der Waals surface area contributed by atoms with E-state index in [-0.39, 0.29) is 36.5 Å². The molecule has 0 spiro atoms. The number of aryl methyl sites for hydroxylation is 1. The molecule has 156 valence electrons. The van der Waals surface area contributed by atoms with Crippen LogP contribution in [0.5, 0.6) is 0 Å². The van der Waals surface area contributed by atoms with Crippen LogP contribution < -0.4 is 15.8 Å². The molecule has 4 heterocycles. The van der Waals surface area contributed by atoms with Gasteiger partial charge in [0, 0.05) is 50.3 Å². The van der Waals surface area contributed by atoms with Crippen LogP contribution in [0.25, 0.3) is 0 Å². The second-order valence-corrected chi connectivity index (χ2v) is 8.63. The van der Waals surface area contributed by atoms with Crippen LogP contribution in [0.3, 0.4) is 0 Å². The Balaban J connectivity index is 1.36. The minimum absolute atomic E-state index is 0.00648. The van der Waals surface area contributed by atoms with Crippen molar-refractivity contribution in [2.75, 3.05) is 24.7 Å². The molecule has 0 bridgehead atoms. The number of rotatable bonds is 4. The lowest BCUT2D eigenvalue weighted by atomic mass is 9.72. The van der Waals surface area contributed by atoms with Crippen LogP contribution in [-0.2, 0) is 7.05 Å². The smallest absolute Gasteiger partial charge is 0.132 e. The van der Waals surface area contributed by atoms with Crippen molar-refractivity contribution >= 4 is 5.82 Å². The summed E-state index contributed by atoms with van der Waals surface area (Å²) in [5, 5.41) is 4.22. The number of alkyl halides is 2. The number of halogens is 2. The molecule has 6 atom stereocenters. The van der Waals surface area contributed by atoms with Crippen LogP contribution in [0.1, 0.15) is 42.5 Å². The summed E-state index contributed by atoms with van der Waals surface area (Å²) in [6, 6.07) is 2.07. The van der Waals surface area contributed by atoms with Crippen molar-refractivity contribution in [2.24, 2.45) is 18.9 Å². The normalized spacial score (nSPS) is 34.5. The second-order valence-electron chi connectivity index (χ2n) is 8.63. The van der Waals surface area contributed by atoms with Gasteiger partial charge in [0.1, 0.15) is 18.3 Å². The van der Waals surface area contributed by atoms with Crippen LogP contribution in [0.4, 0.5) is 14.6 Å². The molecular weight excluding hydrogens is 376 g/mol. The molecule has 2 aromatic heterocycles. The van der Waals surface area contributed by atoms with Gasteiger partial charge < -0.3 is 4.90 Å². The first-order chi connectivity index (χ1) is 14.1. The molecule has 9 heteroatoms. The maximum absolute atomic E-state index is 14.9. The van der Waals surface area contributed by atoms with E-state index in [4.69, 9.17) is 0 Å². The lowest BCUT2D eigenvalue weighted by Crippen LogP contribution is -2.39. The van der Waals surface area contributed by atoms with Crippen molar-refractivity contribution in [1.82, 2.24) is 30.6 Å². The van der Waals surface area contributed by atoms with E-state index in [1.807, 2.05) is 19.3 Å². The van der Waals surface area contributed by atoms with E-state index in [0.29, 0.717) is 13.0 Å². The number of fused-ring (bicyclic) bond motifs is 1. The standard InChI is InChI=1S/C20H27F2N7/c1-28-10-13(8-25-28)14-4-15-17(5-16(14)22)26-27-20(15)18-6-19(24-11-23-18)29-3-2-12(7-21)9-29/h6,8,10-12,14-17,20,26-27H,2-5,7,9H2,1H3/t12-,14?,15?,16?,17?,20?/m1/s1. The average Bonchev–Trinajstić information content (AvgIpc) is 3.46. The van der Waals surface area contributed by atoms with Crippen LogP contribution in [-0.4, -0.2) is 51.7 Å². The minimum atomic E-state index is -0.892. The number of nitrogens with zero attached hydrogens (tertiary/aromatic N) is 5. The Hall–Kier alpha value is -2.13. The average molecular weight is 403 g/mol. The Labute approximate surface area is 168 Å². The molecule has 1 aliphatic carbocycles. The van der Waals surface area contributed by atoms with Crippen LogP contribution in [0.2, 0.25) is 0 Å². The topological polar surface area (TPSA) is 70.9 Å². The molecule has 0 amide bonds. The number of anilines is 1. The Morgan fingerprint density at radius 2 is 2.14 bits per heavy atom. The van der Waals surface area contributed by atoms with Crippen LogP contribution in [0, 0.1) is 11.8 Å². The fourth-order valence-electron chi connectivity index (χ4n) is 5.17. The molecule has 2 N–H and O–H groups in total. The van der Waals surface area contributed by atoms with Gasteiger partial charge >= 0.3 is 0 Å². The number of nitrogens with one attached hydrogen (secondary N) is 2. The van der Waals surface area contributed by atoms with E-state index in [2.05, 4.69) is 30.8 Å². The SMILES string of the molecule is Cn1cc(C2CC3C(CC2F)NNC3c2cc(N3CC[C@H](CF)C3)ncn2)cn1. The summed E-state index contributed by atoms with van der Waals surface area (Å²) in [5.41, 5.74) is 8.49. The summed E-state index contributed by atoms with van der Waals surface area (Å²) >= 11 is 0. The van der Waals surface area contributed by atoms with Gasteiger partial charge in [-0.3, -0.25) is 14.5 Å². The zero-order chi connectivity index (χ0) is 20.0. The van der Waals surface area contributed by atoms with Gasteiger partial charge in [-0.25, -0.2) is 19.8 Å². The maximum Gasteiger partial charge on any atom is 0.132 e. The number of hydrogen-bond donors (Lipinski definition) is 2. The third-order valence-corrected chi connectivity index (χ3v) is 6.78. The van der Waals surface area contributed by atoms with E-state index >= 15 is 0 Å². The van der Waals surface area contributed by atoms with Gasteiger partial charge in [0.25, 0.3) is 0 Å². The van der Waals surface area contributed by atoms with Crippen molar-refractivity contribution < 1.29 is 8.78 Å². The first-order valence-corrected chi connectivity index (χ1v) is 10.4. The Morgan fingerprint density at radius 3 is 2.90 bits per heavy atom. The molecule has 0 aromatic carbocycles. The van der Waals surface area contributed by atoms with E-state index in [9.17, 15) is 8.78 Å². The predicted molar refractivity (Wildman–Crippen MR) is 105 cm³/mol. The highest BCUT2D eigenvalue weighted by atomic mass is 19.1. The molecule has 29 heavy (non-hydrogen) atoms. The molecular formula is C20H27F2N7. The van der Waals surface area contributed by atoms with Crippen LogP contribution in [0.15, 0.2) is 24.8 Å². The van der Waals surface area contributed by atoms with Gasteiger partial charge in [0.2, 0.25) is 0 Å². The highest BCUT2D eigenvalue weighted by Gasteiger charge is 2.46. The Morgan fingerprint density at radius 1 is 1.24 bits per heavy atom. The largest absolute Gasteiger partial charge is 0.356 e. The van der Waals surface area contributed by atoms with Gasteiger partial charge in [-0.1, -0.05) is 0 Å². The third kappa shape index (κ3) is 3.50. The summed E-state index contributed by atoms with van der Waals surface area (Å²) in [5.74, 6) is 1.01. The van der Waals surface area contributed by atoms with Crippen molar-refractivity contribution in [3.05, 3.63) is 36.0 Å². The molecule has 0 radical (unpaired) electrons. The summed E-state index contributed by atoms with van der Waals surface area (Å²) in [6.45, 7) is 1.23. The quantitative estimate of drug-likeness (QED) is 0.814. The van der Waals surface area contributed by atoms with Gasteiger partial charge in [0.15, 0.2) is 0 Å². The molecule has 2 aliphatic heterocycles. The van der Waals surface area contributed by atoms with Gasteiger partial charge in [-0.15, -0.1) is 0 Å². The third-order valence-electron chi connectivity index (χ3n) is 6.78. The summed E-state index contributed by atoms with van der Waals surface area (Å²) in [6.07, 6.45) is 6.44. The predicted octanol–water partition coefficient (Wildman–Crippen LogP) is 2.06. The van der Waals surface area contributed by atoms with Crippen molar-refractivity contribution in [1.29, 1.82) is 0 Å². The van der Waals surface area contributed by atoms with E-state index in [1.54, 1.807) is 17.2 Å². The molecule has 2 aromatic rings. The second kappa shape index (κ2) is 7.60. The first kappa shape index (κ1) is 18.9. The molecule has 7 nitrogen and oxygen atoms in total. The van der Waals surface area contributed by atoms with E-state index in [1.165, 1.54) is 0 Å². The fraction of sp³-hybridized carbons (Fsp3) is 0.650. The summed E-state index contributed by atoms with van der Waals surface area (Å²) < 4.78 is 29.6. The zero-order valence-corrected chi connectivity index (χ0v) is 16.5. The molecule has 2 saturated heterocycles. The molecule has 3 fully saturated rings. The monoisotopic (exact) mass is 403 g/mol. The molecule has 3 aliphatic rings. The summed E-state index contributed by atoms with van der Waals surface area (Å²) in [7, 11) is 1.86. The number of aromatic nitrogens is 4. The van der Waals surface area contributed by atoms with Crippen LogP contribution >= 0.6 is 0 Å². The van der Waals surface area contributed by atoms with Crippen molar-refractivity contribution in [2.45, 2.75) is 43.4 Å². The fourth-order valence-corrected chi connectivity index (χ4v) is 5.17. The maximum atomic E-state index is 14.9. The molecule has 1 saturated carbocycles. The van der Waals surface area contributed by atoms with Gasteiger partial charge in [0.05, 0.1) is 24.6 Å². The lowest BCUT2D eigenvalue weighted by Gasteiger charge is -2.35. The molecule has 5 rings (SSSR count). The first-order valence-electron chi connectivity index (χ1n) is 10.4. The lowest BCUT2D eigenvalue weighted by molar-refractivity contribution is 0.153. The zero-order valence-electron chi connectivity index (χ0n) is 16.5. The highest BCUT2D eigenvalue weighted by molar-refractivity contribution is 5.41. The Kier molecular flexibility index (Phi) is 4.95. The van der Waals surface area contributed by atoms with E-state index in [0.717, 1.165) is 36.5 Å². The molecule has 5 unspecified atom stereocenters. The van der Waals surface area contributed by atoms with Crippen molar-refractivity contribution in [3.63, 3.8) is 0 Å². The highest BCUT2D eigenvalue weighted by Crippen LogP contribution is 2.45. The number of hydrogen-bond acceptors (Lipinski definition) is 6. The number of hydrazine groups is 1. The Bertz CT molecular complexity index is 859. The van der Waals surface area contributed by atoms with E-state index < -0.39 is 6.17 Å². The van der Waals surface area contributed by atoms with Gasteiger partial charge in [-0.2, -0.15) is 5.10 Å². The minimum Gasteiger partial charge on any atom is -0.356 e. The van der Waals surface area contributed by atoms with Gasteiger partial charge in [-0.05, 0) is 30.7 Å². The van der Waals surface area contributed by atoms with Crippen molar-refractivity contribution in [3.8, 4) is 0 Å².